The fourth-order valence-electron chi connectivity index (χ4n) is 3.23. The Bertz CT molecular complexity index is 656. The van der Waals surface area contributed by atoms with E-state index in [2.05, 4.69) is 41.1 Å². The minimum Gasteiger partial charge on any atom is -0.294 e. The summed E-state index contributed by atoms with van der Waals surface area (Å²) in [6.07, 6.45) is 0. The molecule has 4 heteroatoms. The fourth-order valence-corrected chi connectivity index (χ4v) is 3.71. The Balaban J connectivity index is 1.91. The summed E-state index contributed by atoms with van der Waals surface area (Å²) in [7, 11) is 0. The van der Waals surface area contributed by atoms with Crippen LogP contribution in [0.2, 0.25) is 10.3 Å². The van der Waals surface area contributed by atoms with Crippen molar-refractivity contribution in [3.8, 4) is 0 Å². The number of nitrogens with zero attached hydrogens (tertiary/aromatic N) is 2. The van der Waals surface area contributed by atoms with Crippen LogP contribution in [0.5, 0.6) is 0 Å². The van der Waals surface area contributed by atoms with Gasteiger partial charge in [0.15, 0.2) is 0 Å². The topological polar surface area (TPSA) is 16.1 Å². The molecule has 1 aromatic carbocycles. The molecule has 2 heterocycles. The Hall–Kier alpha value is -1.09. The molecule has 0 saturated carbocycles. The van der Waals surface area contributed by atoms with Crippen LogP contribution in [0.25, 0.3) is 0 Å². The monoisotopic (exact) mass is 320 g/mol. The average Bonchev–Trinajstić information content (AvgIpc) is 2.45. The molecule has 1 unspecified atom stereocenters. The zero-order valence-corrected chi connectivity index (χ0v) is 13.7. The Morgan fingerprint density at radius 1 is 1.19 bits per heavy atom. The molecule has 21 heavy (non-hydrogen) atoms. The average molecular weight is 321 g/mol. The predicted molar refractivity (Wildman–Crippen MR) is 88.0 cm³/mol. The second-order valence-corrected chi connectivity index (χ2v) is 6.48. The van der Waals surface area contributed by atoms with Crippen molar-refractivity contribution in [2.24, 2.45) is 0 Å². The van der Waals surface area contributed by atoms with E-state index < -0.39 is 0 Å². The molecule has 3 rings (SSSR count). The maximum atomic E-state index is 6.33. The third kappa shape index (κ3) is 2.94. The van der Waals surface area contributed by atoms with Gasteiger partial charge in [-0.3, -0.25) is 4.90 Å². The summed E-state index contributed by atoms with van der Waals surface area (Å²) in [4.78, 5) is 6.69. The van der Waals surface area contributed by atoms with Gasteiger partial charge in [0.05, 0.1) is 0 Å². The Morgan fingerprint density at radius 2 is 1.90 bits per heavy atom. The van der Waals surface area contributed by atoms with Crippen molar-refractivity contribution in [3.63, 3.8) is 0 Å². The van der Waals surface area contributed by atoms with Gasteiger partial charge in [-0.25, -0.2) is 4.98 Å². The molecule has 2 aromatic rings. The maximum absolute atomic E-state index is 6.33. The number of rotatable bonds is 2. The molecule has 0 radical (unpaired) electrons. The van der Waals surface area contributed by atoms with E-state index in [1.54, 1.807) is 0 Å². The third-order valence-corrected chi connectivity index (χ3v) is 4.82. The van der Waals surface area contributed by atoms with Crippen LogP contribution in [0.3, 0.4) is 0 Å². The Morgan fingerprint density at radius 3 is 2.62 bits per heavy atom. The first-order valence-electron chi connectivity index (χ1n) is 7.17. The lowest BCUT2D eigenvalue weighted by Gasteiger charge is -2.34. The van der Waals surface area contributed by atoms with E-state index in [0.717, 1.165) is 30.8 Å². The van der Waals surface area contributed by atoms with Crippen molar-refractivity contribution in [2.45, 2.75) is 32.9 Å². The van der Waals surface area contributed by atoms with Crippen LogP contribution in [0.1, 0.15) is 35.1 Å². The molecule has 0 spiro atoms. The number of hydrogen-bond acceptors (Lipinski definition) is 2. The van der Waals surface area contributed by atoms with Gasteiger partial charge in [-0.05, 0) is 29.5 Å². The second-order valence-electron chi connectivity index (χ2n) is 5.77. The number of benzene rings is 1. The highest BCUT2D eigenvalue weighted by Crippen LogP contribution is 2.37. The van der Waals surface area contributed by atoms with Gasteiger partial charge >= 0.3 is 0 Å². The van der Waals surface area contributed by atoms with Crippen LogP contribution >= 0.6 is 23.2 Å². The molecule has 1 aliphatic rings. The van der Waals surface area contributed by atoms with Crippen LogP contribution < -0.4 is 0 Å². The molecule has 0 saturated heterocycles. The zero-order chi connectivity index (χ0) is 15.0. The van der Waals surface area contributed by atoms with Crippen molar-refractivity contribution in [1.82, 2.24) is 9.88 Å². The molecule has 0 aliphatic carbocycles. The van der Waals surface area contributed by atoms with E-state index in [0.29, 0.717) is 16.2 Å². The number of hydrogen-bond donors (Lipinski definition) is 0. The summed E-state index contributed by atoms with van der Waals surface area (Å²) in [6, 6.07) is 10.5. The summed E-state index contributed by atoms with van der Waals surface area (Å²) >= 11 is 12.5. The summed E-state index contributed by atoms with van der Waals surface area (Å²) in [5, 5.41) is 1.08. The molecule has 0 amide bonds. The lowest BCUT2D eigenvalue weighted by atomic mass is 9.89. The van der Waals surface area contributed by atoms with E-state index in [9.17, 15) is 0 Å². The minimum atomic E-state index is 0.412. The summed E-state index contributed by atoms with van der Waals surface area (Å²) in [6.45, 7) is 7.05. The molecule has 0 N–H and O–H groups in total. The smallest absolute Gasteiger partial charge is 0.135 e. The van der Waals surface area contributed by atoms with Crippen molar-refractivity contribution in [3.05, 3.63) is 62.9 Å². The molecule has 0 fully saturated rings. The Kier molecular flexibility index (Phi) is 4.21. The Labute approximate surface area is 135 Å². The van der Waals surface area contributed by atoms with E-state index >= 15 is 0 Å². The molecule has 1 aromatic heterocycles. The highest BCUT2D eigenvalue weighted by molar-refractivity contribution is 6.33. The normalized spacial score (nSPS) is 18.6. The molecule has 1 aliphatic heterocycles. The quantitative estimate of drug-likeness (QED) is 0.738. The van der Waals surface area contributed by atoms with Crippen LogP contribution in [0, 0.1) is 6.92 Å². The van der Waals surface area contributed by atoms with E-state index in [1.165, 1.54) is 11.1 Å². The van der Waals surface area contributed by atoms with Crippen LogP contribution in [-0.2, 0) is 13.1 Å². The number of pyridine rings is 1. The van der Waals surface area contributed by atoms with Gasteiger partial charge in [0.1, 0.15) is 10.3 Å². The van der Waals surface area contributed by atoms with E-state index in [4.69, 9.17) is 23.2 Å². The largest absolute Gasteiger partial charge is 0.294 e. The van der Waals surface area contributed by atoms with Gasteiger partial charge in [0, 0.05) is 25.2 Å². The van der Waals surface area contributed by atoms with Gasteiger partial charge in [0.2, 0.25) is 0 Å². The van der Waals surface area contributed by atoms with Crippen LogP contribution in [-0.4, -0.2) is 16.4 Å². The first-order valence-corrected chi connectivity index (χ1v) is 7.92. The molecule has 2 nitrogen and oxygen atoms in total. The third-order valence-electron chi connectivity index (χ3n) is 4.14. The molecule has 0 bridgehead atoms. The summed E-state index contributed by atoms with van der Waals surface area (Å²) in [5.41, 5.74) is 4.81. The summed E-state index contributed by atoms with van der Waals surface area (Å²) in [5.74, 6) is 0.412. The first-order chi connectivity index (χ1) is 10.1. The lowest BCUT2D eigenvalue weighted by molar-refractivity contribution is 0.226. The fraction of sp³-hybridized carbons (Fsp3) is 0.353. The number of halogens is 2. The highest BCUT2D eigenvalue weighted by atomic mass is 35.5. The van der Waals surface area contributed by atoms with Gasteiger partial charge in [-0.1, -0.05) is 60.5 Å². The van der Waals surface area contributed by atoms with Gasteiger partial charge in [-0.2, -0.15) is 0 Å². The van der Waals surface area contributed by atoms with Gasteiger partial charge in [-0.15, -0.1) is 0 Å². The van der Waals surface area contributed by atoms with Crippen molar-refractivity contribution in [1.29, 1.82) is 0 Å². The second kappa shape index (κ2) is 5.96. The molecule has 1 atom stereocenters. The molecule has 110 valence electrons. The lowest BCUT2D eigenvalue weighted by Crippen LogP contribution is -2.33. The zero-order valence-electron chi connectivity index (χ0n) is 12.2. The highest BCUT2D eigenvalue weighted by Gasteiger charge is 2.27. The minimum absolute atomic E-state index is 0.412. The van der Waals surface area contributed by atoms with Gasteiger partial charge < -0.3 is 0 Å². The van der Waals surface area contributed by atoms with Crippen molar-refractivity contribution >= 4 is 23.2 Å². The summed E-state index contributed by atoms with van der Waals surface area (Å²) < 4.78 is 0. The van der Waals surface area contributed by atoms with E-state index in [-0.39, 0.29) is 0 Å². The van der Waals surface area contributed by atoms with Crippen LogP contribution in [0.15, 0.2) is 30.3 Å². The first kappa shape index (κ1) is 14.8. The van der Waals surface area contributed by atoms with E-state index in [1.807, 2.05) is 13.0 Å². The van der Waals surface area contributed by atoms with Crippen LogP contribution in [0.4, 0.5) is 0 Å². The number of aromatic nitrogens is 1. The van der Waals surface area contributed by atoms with Crippen molar-refractivity contribution in [2.75, 3.05) is 6.54 Å². The standard InChI is InChI=1S/C17H18Cl2N2/c1-11-8-21(9-13-6-4-3-5-7-13)10-14-15(11)12(2)16(18)20-17(14)19/h3-7,11H,8-10H2,1-2H3. The number of fused-ring (bicyclic) bond motifs is 1. The molecular formula is C17H18Cl2N2. The molecular weight excluding hydrogens is 303 g/mol. The van der Waals surface area contributed by atoms with Crippen molar-refractivity contribution < 1.29 is 0 Å². The predicted octanol–water partition coefficient (Wildman–Crippen LogP) is 4.82. The van der Waals surface area contributed by atoms with Gasteiger partial charge in [0.25, 0.3) is 0 Å². The SMILES string of the molecule is Cc1c(Cl)nc(Cl)c2c1C(C)CN(Cc1ccccc1)C2. The maximum Gasteiger partial charge on any atom is 0.135 e.